The molecule has 1 N–H and O–H groups in total. The van der Waals surface area contributed by atoms with Crippen LogP contribution in [-0.4, -0.2) is 42.3 Å². The van der Waals surface area contributed by atoms with E-state index in [0.29, 0.717) is 18.4 Å². The molecule has 4 heteroatoms. The SMILES string of the molecule is CC(C)CC1NC(C(C)C)C(=O)N1C1CCOC1. The van der Waals surface area contributed by atoms with Crippen molar-refractivity contribution in [2.45, 2.75) is 58.8 Å². The van der Waals surface area contributed by atoms with Crippen LogP contribution in [0.25, 0.3) is 0 Å². The van der Waals surface area contributed by atoms with Gasteiger partial charge in [-0.25, -0.2) is 0 Å². The van der Waals surface area contributed by atoms with Crippen LogP contribution in [0.1, 0.15) is 40.5 Å². The Balaban J connectivity index is 2.12. The predicted octanol–water partition coefficient (Wildman–Crippen LogP) is 1.60. The topological polar surface area (TPSA) is 41.6 Å². The Bertz CT molecular complexity index is 298. The third-order valence-corrected chi connectivity index (χ3v) is 3.89. The number of carbonyl (C=O) groups is 1. The van der Waals surface area contributed by atoms with Gasteiger partial charge in [-0.2, -0.15) is 0 Å². The van der Waals surface area contributed by atoms with Crippen LogP contribution in [0.5, 0.6) is 0 Å². The van der Waals surface area contributed by atoms with Gasteiger partial charge in [-0.1, -0.05) is 27.7 Å². The van der Waals surface area contributed by atoms with Crippen LogP contribution in [0.2, 0.25) is 0 Å². The van der Waals surface area contributed by atoms with Crippen LogP contribution >= 0.6 is 0 Å². The lowest BCUT2D eigenvalue weighted by atomic mass is 10.0. The van der Waals surface area contributed by atoms with Gasteiger partial charge in [-0.05, 0) is 24.7 Å². The molecule has 104 valence electrons. The molecular formula is C14H26N2O2. The number of carbonyl (C=O) groups excluding carboxylic acids is 1. The second kappa shape index (κ2) is 5.57. The lowest BCUT2D eigenvalue weighted by Crippen LogP contribution is -2.45. The third-order valence-electron chi connectivity index (χ3n) is 3.89. The van der Waals surface area contributed by atoms with E-state index in [-0.39, 0.29) is 24.2 Å². The molecule has 2 saturated heterocycles. The standard InChI is InChI=1S/C14H26N2O2/c1-9(2)7-12-15-13(10(3)4)14(17)16(12)11-5-6-18-8-11/h9-13,15H,5-8H2,1-4H3. The second-order valence-electron chi connectivity index (χ2n) is 6.30. The van der Waals surface area contributed by atoms with E-state index in [0.717, 1.165) is 19.4 Å². The van der Waals surface area contributed by atoms with Crippen molar-refractivity contribution in [1.82, 2.24) is 10.2 Å². The molecule has 3 atom stereocenters. The molecule has 0 saturated carbocycles. The number of nitrogens with one attached hydrogen (secondary N) is 1. The molecule has 2 fully saturated rings. The van der Waals surface area contributed by atoms with Crippen molar-refractivity contribution in [3.63, 3.8) is 0 Å². The fourth-order valence-electron chi connectivity index (χ4n) is 2.95. The van der Waals surface area contributed by atoms with Gasteiger partial charge >= 0.3 is 0 Å². The van der Waals surface area contributed by atoms with Gasteiger partial charge in [-0.15, -0.1) is 0 Å². The average molecular weight is 254 g/mol. The monoisotopic (exact) mass is 254 g/mol. The predicted molar refractivity (Wildman–Crippen MR) is 71.1 cm³/mol. The number of hydrogen-bond donors (Lipinski definition) is 1. The van der Waals surface area contributed by atoms with Gasteiger partial charge in [0.05, 0.1) is 24.9 Å². The molecule has 2 aliphatic heterocycles. The Morgan fingerprint density at radius 2 is 2.11 bits per heavy atom. The highest BCUT2D eigenvalue weighted by Gasteiger charge is 2.44. The first-order valence-corrected chi connectivity index (χ1v) is 7.16. The van der Waals surface area contributed by atoms with Crippen molar-refractivity contribution in [3.8, 4) is 0 Å². The summed E-state index contributed by atoms with van der Waals surface area (Å²) in [6.07, 6.45) is 2.19. The van der Waals surface area contributed by atoms with Gasteiger partial charge < -0.3 is 9.64 Å². The van der Waals surface area contributed by atoms with Crippen molar-refractivity contribution < 1.29 is 9.53 Å². The van der Waals surface area contributed by atoms with E-state index in [4.69, 9.17) is 4.74 Å². The number of amides is 1. The maximum absolute atomic E-state index is 12.5. The Morgan fingerprint density at radius 3 is 2.61 bits per heavy atom. The zero-order valence-electron chi connectivity index (χ0n) is 12.0. The molecule has 18 heavy (non-hydrogen) atoms. The van der Waals surface area contributed by atoms with E-state index in [2.05, 4.69) is 37.9 Å². The zero-order valence-corrected chi connectivity index (χ0v) is 12.0. The summed E-state index contributed by atoms with van der Waals surface area (Å²) in [7, 11) is 0. The molecule has 0 aromatic rings. The summed E-state index contributed by atoms with van der Waals surface area (Å²) < 4.78 is 5.45. The summed E-state index contributed by atoms with van der Waals surface area (Å²) in [5, 5.41) is 3.52. The second-order valence-corrected chi connectivity index (χ2v) is 6.30. The highest BCUT2D eigenvalue weighted by Crippen LogP contribution is 2.26. The number of nitrogens with zero attached hydrogens (tertiary/aromatic N) is 1. The Labute approximate surface area is 110 Å². The largest absolute Gasteiger partial charge is 0.379 e. The number of hydrogen-bond acceptors (Lipinski definition) is 3. The molecule has 0 bridgehead atoms. The molecule has 0 radical (unpaired) electrons. The Kier molecular flexibility index (Phi) is 4.28. The number of rotatable bonds is 4. The van der Waals surface area contributed by atoms with E-state index >= 15 is 0 Å². The fourth-order valence-corrected chi connectivity index (χ4v) is 2.95. The summed E-state index contributed by atoms with van der Waals surface area (Å²) in [6.45, 7) is 10.1. The maximum Gasteiger partial charge on any atom is 0.241 e. The molecular weight excluding hydrogens is 228 g/mol. The quantitative estimate of drug-likeness (QED) is 0.828. The molecule has 2 aliphatic rings. The summed E-state index contributed by atoms with van der Waals surface area (Å²) in [4.78, 5) is 14.6. The zero-order chi connectivity index (χ0) is 13.3. The van der Waals surface area contributed by atoms with Gasteiger partial charge in [0, 0.05) is 6.61 Å². The van der Waals surface area contributed by atoms with E-state index < -0.39 is 0 Å². The summed E-state index contributed by atoms with van der Waals surface area (Å²) in [5.41, 5.74) is 0. The maximum atomic E-state index is 12.5. The molecule has 2 heterocycles. The fraction of sp³-hybridized carbons (Fsp3) is 0.929. The first kappa shape index (κ1) is 13.8. The molecule has 4 nitrogen and oxygen atoms in total. The van der Waals surface area contributed by atoms with Gasteiger partial charge in [0.15, 0.2) is 0 Å². The van der Waals surface area contributed by atoms with E-state index in [9.17, 15) is 4.79 Å². The van der Waals surface area contributed by atoms with Crippen molar-refractivity contribution in [2.75, 3.05) is 13.2 Å². The van der Waals surface area contributed by atoms with Crippen molar-refractivity contribution in [3.05, 3.63) is 0 Å². The minimum absolute atomic E-state index is 0.0191. The van der Waals surface area contributed by atoms with Gasteiger partial charge in [0.1, 0.15) is 0 Å². The van der Waals surface area contributed by atoms with E-state index in [1.807, 2.05) is 0 Å². The Morgan fingerprint density at radius 1 is 1.39 bits per heavy atom. The molecule has 0 spiro atoms. The van der Waals surface area contributed by atoms with Crippen molar-refractivity contribution >= 4 is 5.91 Å². The van der Waals surface area contributed by atoms with Crippen LogP contribution in [0.15, 0.2) is 0 Å². The molecule has 0 aromatic heterocycles. The van der Waals surface area contributed by atoms with E-state index in [1.54, 1.807) is 0 Å². The summed E-state index contributed by atoms with van der Waals surface area (Å²) in [5.74, 6) is 1.21. The highest BCUT2D eigenvalue weighted by atomic mass is 16.5. The Hall–Kier alpha value is -0.610. The third kappa shape index (κ3) is 2.69. The summed E-state index contributed by atoms with van der Waals surface area (Å²) in [6, 6.07) is 0.256. The number of ether oxygens (including phenoxy) is 1. The molecule has 2 rings (SSSR count). The molecule has 1 amide bonds. The normalized spacial score (nSPS) is 33.1. The highest BCUT2D eigenvalue weighted by molar-refractivity contribution is 5.85. The average Bonchev–Trinajstić information content (AvgIpc) is 2.85. The minimum atomic E-state index is -0.0191. The lowest BCUT2D eigenvalue weighted by molar-refractivity contribution is -0.133. The first-order chi connectivity index (χ1) is 8.50. The smallest absolute Gasteiger partial charge is 0.241 e. The van der Waals surface area contributed by atoms with Gasteiger partial charge in [0.25, 0.3) is 0 Å². The van der Waals surface area contributed by atoms with Crippen LogP contribution in [-0.2, 0) is 9.53 Å². The van der Waals surface area contributed by atoms with Crippen LogP contribution in [0.3, 0.4) is 0 Å². The van der Waals surface area contributed by atoms with Crippen LogP contribution < -0.4 is 5.32 Å². The molecule has 0 aliphatic carbocycles. The van der Waals surface area contributed by atoms with Gasteiger partial charge in [-0.3, -0.25) is 10.1 Å². The van der Waals surface area contributed by atoms with Crippen LogP contribution in [0.4, 0.5) is 0 Å². The van der Waals surface area contributed by atoms with Crippen LogP contribution in [0, 0.1) is 11.8 Å². The first-order valence-electron chi connectivity index (χ1n) is 7.16. The van der Waals surface area contributed by atoms with E-state index in [1.165, 1.54) is 0 Å². The van der Waals surface area contributed by atoms with Crippen molar-refractivity contribution in [2.24, 2.45) is 11.8 Å². The molecule has 3 unspecified atom stereocenters. The lowest BCUT2D eigenvalue weighted by Gasteiger charge is -2.30. The molecule has 0 aromatic carbocycles. The summed E-state index contributed by atoms with van der Waals surface area (Å²) >= 11 is 0. The minimum Gasteiger partial charge on any atom is -0.379 e. The van der Waals surface area contributed by atoms with Crippen molar-refractivity contribution in [1.29, 1.82) is 0 Å². The van der Waals surface area contributed by atoms with Gasteiger partial charge in [0.2, 0.25) is 5.91 Å².